The van der Waals surface area contributed by atoms with E-state index in [0.717, 1.165) is 19.2 Å². The maximum Gasteiger partial charge on any atom is 0.440 e. The van der Waals surface area contributed by atoms with Crippen LogP contribution in [0.1, 0.15) is 18.4 Å². The van der Waals surface area contributed by atoms with E-state index in [-0.39, 0.29) is 18.6 Å². The number of nitrogens with zero attached hydrogens (tertiary/aromatic N) is 1. The Kier molecular flexibility index (Phi) is 5.48. The molecule has 2 heterocycles. The Hall–Kier alpha value is -2.76. The van der Waals surface area contributed by atoms with E-state index >= 15 is 0 Å². The quantitative estimate of drug-likeness (QED) is 0.591. The fourth-order valence-electron chi connectivity index (χ4n) is 3.04. The van der Waals surface area contributed by atoms with Gasteiger partial charge in [-0.2, -0.15) is 13.2 Å². The van der Waals surface area contributed by atoms with Gasteiger partial charge >= 0.3 is 17.7 Å². The standard InChI is InChI=1S/C17H15F5N2O5/c1-27-14(25)13-5-11(7-28-13)23-15(26)16(17(20,21)22)6-12(24-29-16)8-2-9(18)4-10(19)3-8/h2-4,11,13H,5-7H2,1H3,(H,23,26)/t11-,13-,16?/m1/s1. The van der Waals surface area contributed by atoms with Crippen LogP contribution in [0.5, 0.6) is 0 Å². The van der Waals surface area contributed by atoms with Crippen LogP contribution in [0.3, 0.4) is 0 Å². The first-order valence-electron chi connectivity index (χ1n) is 8.34. The molecule has 158 valence electrons. The number of oxime groups is 1. The lowest BCUT2D eigenvalue weighted by Gasteiger charge is -2.28. The lowest BCUT2D eigenvalue weighted by molar-refractivity contribution is -0.259. The number of methoxy groups -OCH3 is 1. The highest BCUT2D eigenvalue weighted by atomic mass is 19.4. The monoisotopic (exact) mass is 422 g/mol. The molecule has 3 rings (SSSR count). The molecule has 7 nitrogen and oxygen atoms in total. The fraction of sp³-hybridized carbons (Fsp3) is 0.471. The van der Waals surface area contributed by atoms with Crippen LogP contribution in [0.15, 0.2) is 23.4 Å². The second-order valence-corrected chi connectivity index (χ2v) is 6.54. The number of hydrogen-bond donors (Lipinski definition) is 1. The Labute approximate surface area is 160 Å². The topological polar surface area (TPSA) is 86.2 Å². The van der Waals surface area contributed by atoms with Crippen LogP contribution >= 0.6 is 0 Å². The Bertz CT molecular complexity index is 839. The molecule has 2 aliphatic rings. The molecule has 1 aromatic rings. The van der Waals surface area contributed by atoms with Crippen LogP contribution in [0.2, 0.25) is 0 Å². The zero-order chi connectivity index (χ0) is 21.4. The highest BCUT2D eigenvalue weighted by Crippen LogP contribution is 2.42. The molecular weight excluding hydrogens is 407 g/mol. The Morgan fingerprint density at radius 2 is 1.90 bits per heavy atom. The summed E-state index contributed by atoms with van der Waals surface area (Å²) < 4.78 is 77.5. The van der Waals surface area contributed by atoms with Crippen molar-refractivity contribution in [2.45, 2.75) is 36.8 Å². The highest BCUT2D eigenvalue weighted by molar-refractivity contribution is 6.05. The van der Waals surface area contributed by atoms with E-state index in [9.17, 15) is 31.5 Å². The molecule has 0 aliphatic carbocycles. The number of carbonyl (C=O) groups is 2. The number of amides is 1. The lowest BCUT2D eigenvalue weighted by atomic mass is 9.92. The summed E-state index contributed by atoms with van der Waals surface area (Å²) in [5.41, 5.74) is -4.10. The van der Waals surface area contributed by atoms with Crippen molar-refractivity contribution >= 4 is 17.6 Å². The lowest BCUT2D eigenvalue weighted by Crippen LogP contribution is -2.59. The molecule has 0 bridgehead atoms. The van der Waals surface area contributed by atoms with E-state index in [1.54, 1.807) is 0 Å². The molecule has 0 spiro atoms. The predicted octanol–water partition coefficient (Wildman–Crippen LogP) is 1.84. The number of rotatable bonds is 4. The minimum Gasteiger partial charge on any atom is -0.467 e. The van der Waals surface area contributed by atoms with Crippen molar-refractivity contribution in [1.82, 2.24) is 5.32 Å². The number of nitrogens with one attached hydrogen (secondary N) is 1. The van der Waals surface area contributed by atoms with Gasteiger partial charge in [-0.3, -0.25) is 4.79 Å². The minimum absolute atomic E-state index is 0.0881. The zero-order valence-corrected chi connectivity index (χ0v) is 14.9. The summed E-state index contributed by atoms with van der Waals surface area (Å²) in [6, 6.07) is 1.20. The first-order valence-corrected chi connectivity index (χ1v) is 8.34. The van der Waals surface area contributed by atoms with Crippen LogP contribution in [0.25, 0.3) is 0 Å². The SMILES string of the molecule is COC(=O)[C@H]1C[C@@H](NC(=O)C2(C(F)(F)F)CC(c3cc(F)cc(F)c3)=NO2)CO1. The molecule has 1 saturated heterocycles. The first kappa shape index (κ1) is 21.0. The van der Waals surface area contributed by atoms with Gasteiger partial charge in [-0.05, 0) is 12.1 Å². The van der Waals surface area contributed by atoms with Crippen molar-refractivity contribution in [2.24, 2.45) is 5.16 Å². The highest BCUT2D eigenvalue weighted by Gasteiger charge is 2.67. The van der Waals surface area contributed by atoms with Crippen LogP contribution < -0.4 is 5.32 Å². The molecule has 1 fully saturated rings. The molecule has 1 N–H and O–H groups in total. The molecule has 0 saturated carbocycles. The van der Waals surface area contributed by atoms with E-state index in [1.165, 1.54) is 0 Å². The van der Waals surface area contributed by atoms with Gasteiger partial charge in [0, 0.05) is 18.1 Å². The molecule has 1 aromatic carbocycles. The number of ether oxygens (including phenoxy) is 2. The molecule has 0 radical (unpaired) electrons. The third-order valence-corrected chi connectivity index (χ3v) is 4.55. The van der Waals surface area contributed by atoms with Crippen LogP contribution in [0, 0.1) is 11.6 Å². The fourth-order valence-corrected chi connectivity index (χ4v) is 3.04. The van der Waals surface area contributed by atoms with Crippen molar-refractivity contribution in [3.63, 3.8) is 0 Å². The van der Waals surface area contributed by atoms with Crippen LogP contribution in [-0.4, -0.2) is 55.2 Å². The van der Waals surface area contributed by atoms with Crippen molar-refractivity contribution in [1.29, 1.82) is 0 Å². The van der Waals surface area contributed by atoms with Crippen molar-refractivity contribution in [3.8, 4) is 0 Å². The second kappa shape index (κ2) is 7.58. The smallest absolute Gasteiger partial charge is 0.440 e. The summed E-state index contributed by atoms with van der Waals surface area (Å²) in [5, 5.41) is 5.39. The summed E-state index contributed by atoms with van der Waals surface area (Å²) in [5.74, 6) is -4.31. The van der Waals surface area contributed by atoms with Crippen LogP contribution in [-0.2, 0) is 23.9 Å². The van der Waals surface area contributed by atoms with Gasteiger partial charge in [0.25, 0.3) is 5.91 Å². The minimum atomic E-state index is -5.19. The maximum atomic E-state index is 13.7. The number of alkyl halides is 3. The number of hydrogen-bond acceptors (Lipinski definition) is 6. The van der Waals surface area contributed by atoms with E-state index in [0.29, 0.717) is 6.07 Å². The molecule has 29 heavy (non-hydrogen) atoms. The van der Waals surface area contributed by atoms with Gasteiger partial charge < -0.3 is 19.6 Å². The Balaban J connectivity index is 1.77. The summed E-state index contributed by atoms with van der Waals surface area (Å²) in [6.07, 6.45) is -7.37. The van der Waals surface area contributed by atoms with Gasteiger partial charge in [0.2, 0.25) is 0 Å². The summed E-state index contributed by atoms with van der Waals surface area (Å²) in [7, 11) is 1.12. The van der Waals surface area contributed by atoms with Gasteiger partial charge in [-0.1, -0.05) is 5.16 Å². The van der Waals surface area contributed by atoms with Gasteiger partial charge in [0.1, 0.15) is 11.6 Å². The average molecular weight is 422 g/mol. The molecule has 2 aliphatic heterocycles. The third kappa shape index (κ3) is 4.02. The third-order valence-electron chi connectivity index (χ3n) is 4.55. The molecule has 3 atom stereocenters. The zero-order valence-electron chi connectivity index (χ0n) is 14.9. The molecule has 1 amide bonds. The van der Waals surface area contributed by atoms with Crippen molar-refractivity contribution in [2.75, 3.05) is 13.7 Å². The molecule has 12 heteroatoms. The van der Waals surface area contributed by atoms with Gasteiger partial charge in [0.15, 0.2) is 6.10 Å². The molecule has 0 aromatic heterocycles. The number of benzene rings is 1. The number of carbonyl (C=O) groups excluding carboxylic acids is 2. The Morgan fingerprint density at radius 3 is 2.48 bits per heavy atom. The number of esters is 1. The van der Waals surface area contributed by atoms with E-state index in [4.69, 9.17) is 4.74 Å². The van der Waals surface area contributed by atoms with Gasteiger partial charge in [0.05, 0.1) is 31.9 Å². The van der Waals surface area contributed by atoms with Crippen LogP contribution in [0.4, 0.5) is 22.0 Å². The Morgan fingerprint density at radius 1 is 1.24 bits per heavy atom. The molecule has 1 unspecified atom stereocenters. The second-order valence-electron chi connectivity index (χ2n) is 6.54. The largest absolute Gasteiger partial charge is 0.467 e. The van der Waals surface area contributed by atoms with Gasteiger partial charge in [-0.25, -0.2) is 13.6 Å². The predicted molar refractivity (Wildman–Crippen MR) is 85.7 cm³/mol. The van der Waals surface area contributed by atoms with Crippen molar-refractivity contribution in [3.05, 3.63) is 35.4 Å². The summed E-state index contributed by atoms with van der Waals surface area (Å²) >= 11 is 0. The summed E-state index contributed by atoms with van der Waals surface area (Å²) in [6.45, 7) is -0.206. The van der Waals surface area contributed by atoms with E-state index in [1.807, 2.05) is 0 Å². The maximum absolute atomic E-state index is 13.7. The summed E-state index contributed by atoms with van der Waals surface area (Å²) in [4.78, 5) is 28.4. The average Bonchev–Trinajstić information content (AvgIpc) is 3.27. The van der Waals surface area contributed by atoms with Crippen molar-refractivity contribution < 1.29 is 45.9 Å². The number of halogens is 5. The van der Waals surface area contributed by atoms with Gasteiger partial charge in [-0.15, -0.1) is 0 Å². The first-order chi connectivity index (χ1) is 13.6. The normalized spacial score (nSPS) is 26.6. The van der Waals surface area contributed by atoms with E-state index in [2.05, 4.69) is 20.0 Å². The van der Waals surface area contributed by atoms with E-state index < -0.39 is 59.6 Å². The molecular formula is C17H15F5N2O5.